The molecule has 0 bridgehead atoms. The summed E-state index contributed by atoms with van der Waals surface area (Å²) in [5.41, 5.74) is 2.07. The van der Waals surface area contributed by atoms with Crippen molar-refractivity contribution < 1.29 is 14.6 Å². The van der Waals surface area contributed by atoms with Crippen LogP contribution in [-0.2, 0) is 13.2 Å². The highest BCUT2D eigenvalue weighted by atomic mass is 35.5. The molecule has 0 spiro atoms. The summed E-state index contributed by atoms with van der Waals surface area (Å²) in [5.74, 6) is 1.37. The fraction of sp³-hybridized carbons (Fsp3) is 0.294. The quantitative estimate of drug-likeness (QED) is 0.710. The fourth-order valence-corrected chi connectivity index (χ4v) is 2.25. The Kier molecular flexibility index (Phi) is 8.81. The van der Waals surface area contributed by atoms with Crippen LogP contribution >= 0.6 is 24.0 Å². The van der Waals surface area contributed by atoms with Crippen LogP contribution in [0.3, 0.4) is 0 Å². The standard InChI is InChI=1S/C17H20ClNO3.ClH/c1-21-17-10-13(11-19-7-8-20)5-6-16(17)22-12-14-3-2-4-15(18)9-14;/h2-6,9-10,19-20H,7-8,11-12H2,1H3;1H. The molecule has 126 valence electrons. The van der Waals surface area contributed by atoms with E-state index in [2.05, 4.69) is 5.32 Å². The van der Waals surface area contributed by atoms with Crippen LogP contribution in [0.25, 0.3) is 0 Å². The number of ether oxygens (including phenoxy) is 2. The Hall–Kier alpha value is -1.46. The second-order valence-electron chi connectivity index (χ2n) is 4.80. The lowest BCUT2D eigenvalue weighted by Gasteiger charge is -2.13. The van der Waals surface area contributed by atoms with E-state index in [1.807, 2.05) is 42.5 Å². The van der Waals surface area contributed by atoms with Crippen LogP contribution in [-0.4, -0.2) is 25.4 Å². The number of aliphatic hydroxyl groups excluding tert-OH is 1. The van der Waals surface area contributed by atoms with Gasteiger partial charge in [0.05, 0.1) is 13.7 Å². The molecule has 2 aromatic carbocycles. The Morgan fingerprint density at radius 3 is 2.61 bits per heavy atom. The van der Waals surface area contributed by atoms with E-state index in [0.717, 1.165) is 11.1 Å². The van der Waals surface area contributed by atoms with Gasteiger partial charge >= 0.3 is 0 Å². The van der Waals surface area contributed by atoms with Crippen LogP contribution in [0.4, 0.5) is 0 Å². The zero-order valence-corrected chi connectivity index (χ0v) is 14.5. The monoisotopic (exact) mass is 357 g/mol. The summed E-state index contributed by atoms with van der Waals surface area (Å²) in [5, 5.41) is 12.6. The number of benzene rings is 2. The molecule has 0 fully saturated rings. The van der Waals surface area contributed by atoms with Crippen molar-refractivity contribution >= 4 is 24.0 Å². The zero-order chi connectivity index (χ0) is 15.8. The van der Waals surface area contributed by atoms with Crippen LogP contribution in [0.5, 0.6) is 11.5 Å². The molecule has 2 N–H and O–H groups in total. The highest BCUT2D eigenvalue weighted by Crippen LogP contribution is 2.29. The predicted molar refractivity (Wildman–Crippen MR) is 94.8 cm³/mol. The molecule has 0 heterocycles. The number of halogens is 2. The van der Waals surface area contributed by atoms with Gasteiger partial charge in [-0.2, -0.15) is 0 Å². The molecule has 4 nitrogen and oxygen atoms in total. The smallest absolute Gasteiger partial charge is 0.161 e. The van der Waals surface area contributed by atoms with E-state index in [4.69, 9.17) is 26.2 Å². The van der Waals surface area contributed by atoms with Gasteiger partial charge in [0.1, 0.15) is 6.61 Å². The normalized spacial score (nSPS) is 10.0. The van der Waals surface area contributed by atoms with Crippen molar-refractivity contribution in [2.24, 2.45) is 0 Å². The highest BCUT2D eigenvalue weighted by Gasteiger charge is 2.06. The number of methoxy groups -OCH3 is 1. The van der Waals surface area contributed by atoms with Gasteiger partial charge in [-0.05, 0) is 35.4 Å². The minimum atomic E-state index is 0. The summed E-state index contributed by atoms with van der Waals surface area (Å²) in [6.07, 6.45) is 0. The van der Waals surface area contributed by atoms with Gasteiger partial charge in [0.25, 0.3) is 0 Å². The Balaban J connectivity index is 0.00000264. The minimum Gasteiger partial charge on any atom is -0.493 e. The first-order chi connectivity index (χ1) is 10.7. The van der Waals surface area contributed by atoms with Crippen LogP contribution in [0.2, 0.25) is 5.02 Å². The van der Waals surface area contributed by atoms with E-state index in [9.17, 15) is 0 Å². The topological polar surface area (TPSA) is 50.7 Å². The Morgan fingerprint density at radius 2 is 1.91 bits per heavy atom. The molecule has 0 atom stereocenters. The maximum atomic E-state index is 8.77. The van der Waals surface area contributed by atoms with Crippen LogP contribution in [0, 0.1) is 0 Å². The van der Waals surface area contributed by atoms with Crippen molar-refractivity contribution in [2.75, 3.05) is 20.3 Å². The van der Waals surface area contributed by atoms with Gasteiger partial charge < -0.3 is 19.9 Å². The SMILES string of the molecule is COc1cc(CNCCO)ccc1OCc1cccc(Cl)c1.Cl. The van der Waals surface area contributed by atoms with Gasteiger partial charge in [0, 0.05) is 18.1 Å². The van der Waals surface area contributed by atoms with Crippen molar-refractivity contribution in [3.63, 3.8) is 0 Å². The van der Waals surface area contributed by atoms with Crippen molar-refractivity contribution in [2.45, 2.75) is 13.2 Å². The average Bonchev–Trinajstić information content (AvgIpc) is 2.53. The Labute approximate surface area is 147 Å². The molecule has 0 aromatic heterocycles. The summed E-state index contributed by atoms with van der Waals surface area (Å²) in [6, 6.07) is 13.4. The van der Waals surface area contributed by atoms with Crippen molar-refractivity contribution in [1.82, 2.24) is 5.32 Å². The Morgan fingerprint density at radius 1 is 1.09 bits per heavy atom. The molecule has 0 saturated carbocycles. The third-order valence-corrected chi connectivity index (χ3v) is 3.36. The number of nitrogens with one attached hydrogen (secondary N) is 1. The third-order valence-electron chi connectivity index (χ3n) is 3.13. The first-order valence-corrected chi connectivity index (χ1v) is 7.46. The van der Waals surface area contributed by atoms with Crippen molar-refractivity contribution in [1.29, 1.82) is 0 Å². The molecule has 0 saturated heterocycles. The molecule has 0 aliphatic rings. The first-order valence-electron chi connectivity index (χ1n) is 7.08. The average molecular weight is 358 g/mol. The number of rotatable bonds is 8. The van der Waals surface area contributed by atoms with Crippen LogP contribution < -0.4 is 14.8 Å². The summed E-state index contributed by atoms with van der Waals surface area (Å²) >= 11 is 5.96. The molecule has 2 rings (SSSR count). The molecule has 23 heavy (non-hydrogen) atoms. The van der Waals surface area contributed by atoms with Crippen molar-refractivity contribution in [3.8, 4) is 11.5 Å². The second-order valence-corrected chi connectivity index (χ2v) is 5.24. The van der Waals surface area contributed by atoms with Crippen molar-refractivity contribution in [3.05, 3.63) is 58.6 Å². The van der Waals surface area contributed by atoms with Gasteiger partial charge in [0.15, 0.2) is 11.5 Å². The summed E-state index contributed by atoms with van der Waals surface area (Å²) in [4.78, 5) is 0. The van der Waals surface area contributed by atoms with E-state index < -0.39 is 0 Å². The molecule has 2 aromatic rings. The first kappa shape index (κ1) is 19.6. The molecule has 0 aliphatic carbocycles. The third kappa shape index (κ3) is 6.28. The molecule has 0 radical (unpaired) electrons. The summed E-state index contributed by atoms with van der Waals surface area (Å²) < 4.78 is 11.2. The molecule has 0 unspecified atom stereocenters. The number of aliphatic hydroxyl groups is 1. The lowest BCUT2D eigenvalue weighted by Crippen LogP contribution is -2.17. The minimum absolute atomic E-state index is 0. The summed E-state index contributed by atoms with van der Waals surface area (Å²) in [6.45, 7) is 1.79. The maximum absolute atomic E-state index is 8.77. The van der Waals surface area contributed by atoms with E-state index >= 15 is 0 Å². The maximum Gasteiger partial charge on any atom is 0.161 e. The van der Waals surface area contributed by atoms with E-state index in [-0.39, 0.29) is 19.0 Å². The molecular formula is C17H21Cl2NO3. The van der Waals surface area contributed by atoms with Crippen LogP contribution in [0.15, 0.2) is 42.5 Å². The molecule has 0 amide bonds. The van der Waals surface area contributed by atoms with Gasteiger partial charge in [-0.1, -0.05) is 29.8 Å². The fourth-order valence-electron chi connectivity index (χ4n) is 2.04. The number of hydrogen-bond donors (Lipinski definition) is 2. The zero-order valence-electron chi connectivity index (χ0n) is 12.9. The Bertz CT molecular complexity index is 608. The van der Waals surface area contributed by atoms with Gasteiger partial charge in [-0.3, -0.25) is 0 Å². The second kappa shape index (κ2) is 10.3. The molecule has 6 heteroatoms. The largest absolute Gasteiger partial charge is 0.493 e. The molecule has 0 aliphatic heterocycles. The van der Waals surface area contributed by atoms with Gasteiger partial charge in [-0.15, -0.1) is 12.4 Å². The molecular weight excluding hydrogens is 337 g/mol. The number of hydrogen-bond acceptors (Lipinski definition) is 4. The van der Waals surface area contributed by atoms with Gasteiger partial charge in [-0.25, -0.2) is 0 Å². The predicted octanol–water partition coefficient (Wildman–Crippen LogP) is 3.43. The van der Waals surface area contributed by atoms with E-state index in [1.54, 1.807) is 7.11 Å². The van der Waals surface area contributed by atoms with Gasteiger partial charge in [0.2, 0.25) is 0 Å². The van der Waals surface area contributed by atoms with E-state index in [1.165, 1.54) is 0 Å². The lowest BCUT2D eigenvalue weighted by molar-refractivity contribution is 0.284. The van der Waals surface area contributed by atoms with E-state index in [0.29, 0.717) is 36.2 Å². The highest BCUT2D eigenvalue weighted by molar-refractivity contribution is 6.30. The van der Waals surface area contributed by atoms with Crippen LogP contribution in [0.1, 0.15) is 11.1 Å². The lowest BCUT2D eigenvalue weighted by atomic mass is 10.2. The summed E-state index contributed by atoms with van der Waals surface area (Å²) in [7, 11) is 1.62.